The molecule has 47 heavy (non-hydrogen) atoms. The molecule has 1 heterocycles. The lowest BCUT2D eigenvalue weighted by Crippen LogP contribution is -2.55. The number of rotatable bonds is 12. The number of β-lactam (4-membered cyclic amide) rings is 1. The number of carbonyl (C=O) groups is 1. The van der Waals surface area contributed by atoms with Crippen LogP contribution in [0.15, 0.2) is 103 Å². The number of halogens is 1. The summed E-state index contributed by atoms with van der Waals surface area (Å²) in [5, 5.41) is 0.481. The first kappa shape index (κ1) is 34.9. The van der Waals surface area contributed by atoms with E-state index in [1.54, 1.807) is 18.2 Å². The molecule has 0 aromatic heterocycles. The van der Waals surface area contributed by atoms with Gasteiger partial charge in [0.05, 0.1) is 23.4 Å². The van der Waals surface area contributed by atoms with Crippen molar-refractivity contribution in [2.45, 2.75) is 63.9 Å². The minimum Gasteiger partial charge on any atom is -0.410 e. The van der Waals surface area contributed by atoms with Gasteiger partial charge in [-0.2, -0.15) is 0 Å². The molecule has 4 aromatic rings. The van der Waals surface area contributed by atoms with Crippen LogP contribution in [0.3, 0.4) is 0 Å². The maximum absolute atomic E-state index is 13.9. The molecule has 0 spiro atoms. The zero-order chi connectivity index (χ0) is 34.0. The molecule has 0 saturated carbocycles. The third-order valence-electron chi connectivity index (χ3n) is 9.70. The molecule has 0 bridgehead atoms. The Morgan fingerprint density at radius 1 is 0.851 bits per heavy atom. The van der Waals surface area contributed by atoms with E-state index in [0.717, 1.165) is 27.9 Å². The third kappa shape index (κ3) is 7.37. The van der Waals surface area contributed by atoms with Crippen molar-refractivity contribution >= 4 is 32.8 Å². The molecule has 248 valence electrons. The lowest BCUT2D eigenvalue weighted by atomic mass is 9.78. The van der Waals surface area contributed by atoms with Crippen LogP contribution >= 0.6 is 7.60 Å². The number of hydrogen-bond acceptors (Lipinski definition) is 5. The van der Waals surface area contributed by atoms with E-state index < -0.39 is 15.9 Å². The maximum Gasteiger partial charge on any atom is 0.360 e. The van der Waals surface area contributed by atoms with Crippen LogP contribution in [0.1, 0.15) is 56.9 Å². The van der Waals surface area contributed by atoms with E-state index in [1.165, 1.54) is 26.4 Å². The minimum atomic E-state index is -3.39. The van der Waals surface area contributed by atoms with Crippen molar-refractivity contribution in [3.8, 4) is 11.1 Å². The van der Waals surface area contributed by atoms with Gasteiger partial charge in [-0.3, -0.25) is 9.36 Å². The smallest absolute Gasteiger partial charge is 0.360 e. The summed E-state index contributed by atoms with van der Waals surface area (Å²) >= 11 is 0. The average Bonchev–Trinajstić information content (AvgIpc) is 3.06. The molecule has 3 atom stereocenters. The summed E-state index contributed by atoms with van der Waals surface area (Å²) in [6.45, 7) is 11.1. The van der Waals surface area contributed by atoms with Gasteiger partial charge in [0.2, 0.25) is 5.91 Å². The fourth-order valence-electron chi connectivity index (χ4n) is 5.94. The maximum atomic E-state index is 13.9. The predicted octanol–water partition coefficient (Wildman–Crippen LogP) is 9.85. The summed E-state index contributed by atoms with van der Waals surface area (Å²) in [6, 6.07) is 31.7. The first-order chi connectivity index (χ1) is 22.3. The molecule has 6 nitrogen and oxygen atoms in total. The van der Waals surface area contributed by atoms with Crippen LogP contribution in [0, 0.1) is 11.7 Å². The molecular weight excluding hydrogens is 628 g/mol. The number of nitrogens with zero attached hydrogens (tertiary/aromatic N) is 1. The van der Waals surface area contributed by atoms with E-state index in [1.807, 2.05) is 65.6 Å². The predicted molar refractivity (Wildman–Crippen MR) is 190 cm³/mol. The summed E-state index contributed by atoms with van der Waals surface area (Å²) in [5.74, 6) is -0.447. The highest BCUT2D eigenvalue weighted by molar-refractivity contribution is 7.62. The number of amides is 1. The molecule has 1 fully saturated rings. The lowest BCUT2D eigenvalue weighted by molar-refractivity contribution is -0.131. The summed E-state index contributed by atoms with van der Waals surface area (Å²) < 4.78 is 44.2. The highest BCUT2D eigenvalue weighted by Crippen LogP contribution is 2.48. The van der Waals surface area contributed by atoms with Crippen molar-refractivity contribution in [1.82, 2.24) is 0 Å². The topological polar surface area (TPSA) is 65.1 Å². The molecule has 1 amide bonds. The molecule has 1 aliphatic rings. The summed E-state index contributed by atoms with van der Waals surface area (Å²) in [5.41, 5.74) is 4.65. The van der Waals surface area contributed by atoms with Crippen molar-refractivity contribution in [3.05, 3.63) is 120 Å². The van der Waals surface area contributed by atoms with E-state index in [4.69, 9.17) is 13.5 Å². The first-order valence-corrected chi connectivity index (χ1v) is 20.5. The molecule has 1 saturated heterocycles. The Morgan fingerprint density at radius 3 is 2.09 bits per heavy atom. The zero-order valence-corrected chi connectivity index (χ0v) is 30.2. The molecule has 5 rings (SSSR count). The molecule has 0 radical (unpaired) electrons. The van der Waals surface area contributed by atoms with Crippen LogP contribution in [0.25, 0.3) is 11.1 Å². The number of carbonyl (C=O) groups excluding carboxylic acids is 1. The highest BCUT2D eigenvalue weighted by Gasteiger charge is 2.49. The Bertz CT molecular complexity index is 1720. The molecule has 1 aliphatic heterocycles. The van der Waals surface area contributed by atoms with Crippen molar-refractivity contribution < 1.29 is 27.2 Å². The SMILES string of the molecule is COP(=O)(OC)c1cccc(-c2ccc([C@@H]3[C@@H](CC[C@H](O[Si](C)(C)C(C)(C)C)c4ccc(F)cc4)C(=O)N3c3ccccc3)cc2)c1. The molecule has 0 N–H and O–H groups in total. The molecule has 0 unspecified atom stereocenters. The molecule has 0 aliphatic carbocycles. The van der Waals surface area contributed by atoms with Gasteiger partial charge in [-0.15, -0.1) is 0 Å². The van der Waals surface area contributed by atoms with Crippen molar-refractivity contribution in [2.75, 3.05) is 19.1 Å². The van der Waals surface area contributed by atoms with E-state index in [-0.39, 0.29) is 34.8 Å². The second kappa shape index (κ2) is 14.0. The summed E-state index contributed by atoms with van der Waals surface area (Å²) in [6.07, 6.45) is 1.01. The monoisotopic (exact) mass is 673 g/mol. The van der Waals surface area contributed by atoms with Gasteiger partial charge in [0, 0.05) is 19.9 Å². The quantitative estimate of drug-likeness (QED) is 0.0851. The van der Waals surface area contributed by atoms with Gasteiger partial charge in [-0.25, -0.2) is 4.39 Å². The van der Waals surface area contributed by atoms with E-state index in [9.17, 15) is 13.8 Å². The van der Waals surface area contributed by atoms with Crippen LogP contribution in [0.2, 0.25) is 18.1 Å². The summed E-state index contributed by atoms with van der Waals surface area (Å²) in [4.78, 5) is 15.7. The number of benzene rings is 4. The average molecular weight is 674 g/mol. The van der Waals surface area contributed by atoms with E-state index in [0.29, 0.717) is 18.1 Å². The highest BCUT2D eigenvalue weighted by atomic mass is 31.2. The van der Waals surface area contributed by atoms with E-state index in [2.05, 4.69) is 46.0 Å². The van der Waals surface area contributed by atoms with Crippen molar-refractivity contribution in [2.24, 2.45) is 5.92 Å². The Balaban J connectivity index is 1.44. The van der Waals surface area contributed by atoms with Gasteiger partial charge in [0.15, 0.2) is 8.32 Å². The Labute approximate surface area is 279 Å². The minimum absolute atomic E-state index is 0.00443. The van der Waals surface area contributed by atoms with E-state index >= 15 is 0 Å². The van der Waals surface area contributed by atoms with Crippen LogP contribution in [0.5, 0.6) is 0 Å². The van der Waals surface area contributed by atoms with Gasteiger partial charge in [-0.1, -0.05) is 87.5 Å². The molecule has 9 heteroatoms. The molecule has 4 aromatic carbocycles. The van der Waals surface area contributed by atoms with Gasteiger partial charge in [0.25, 0.3) is 0 Å². The van der Waals surface area contributed by atoms with Gasteiger partial charge in [-0.05, 0) is 89.6 Å². The Hall–Kier alpha value is -3.39. The Morgan fingerprint density at radius 2 is 1.49 bits per heavy atom. The van der Waals surface area contributed by atoms with Crippen LogP contribution < -0.4 is 10.2 Å². The fourth-order valence-corrected chi connectivity index (χ4v) is 8.39. The van der Waals surface area contributed by atoms with Gasteiger partial charge < -0.3 is 18.4 Å². The summed E-state index contributed by atoms with van der Waals surface area (Å²) in [7, 11) is -2.81. The fraction of sp³-hybridized carbons (Fsp3) is 0.342. The van der Waals surface area contributed by atoms with Crippen LogP contribution in [0.4, 0.5) is 10.1 Å². The number of para-hydroxylation sites is 1. The largest absolute Gasteiger partial charge is 0.410 e. The van der Waals surface area contributed by atoms with Crippen LogP contribution in [-0.2, 0) is 22.8 Å². The number of hydrogen-bond donors (Lipinski definition) is 0. The lowest BCUT2D eigenvalue weighted by Gasteiger charge is -2.48. The standard InChI is InChI=1S/C38H45FNO5PSi/c1-38(2,3)47(6,7)45-35(28-20-22-31(39)23-21-28)25-24-34-36(40(37(34)41)32-13-9-8-10-14-32)29-18-16-27(17-19-29)30-12-11-15-33(26-30)46(42,43-4)44-5/h8-23,26,34-36H,24-25H2,1-7H3/t34-,35+,36-/m1/s1. The van der Waals surface area contributed by atoms with Crippen molar-refractivity contribution in [3.63, 3.8) is 0 Å². The Kier molecular flexibility index (Phi) is 10.4. The zero-order valence-electron chi connectivity index (χ0n) is 28.3. The number of anilines is 1. The van der Waals surface area contributed by atoms with Crippen LogP contribution in [-0.4, -0.2) is 28.4 Å². The normalized spacial score (nSPS) is 17.8. The second-order valence-corrected chi connectivity index (χ2v) is 20.6. The second-order valence-electron chi connectivity index (χ2n) is 13.6. The van der Waals surface area contributed by atoms with Gasteiger partial charge in [0.1, 0.15) is 5.82 Å². The third-order valence-corrected chi connectivity index (χ3v) is 16.1. The first-order valence-electron chi connectivity index (χ1n) is 16.0. The van der Waals surface area contributed by atoms with Crippen molar-refractivity contribution in [1.29, 1.82) is 0 Å². The van der Waals surface area contributed by atoms with Gasteiger partial charge >= 0.3 is 7.60 Å². The molecular formula is C38H45FNO5PSi.